The SMILES string of the molecule is CCCN(CCC)C(=O)c1cc(C)cc(C(=O)N[C@@H](Cc2cc(F)cc(F)c2)[C@H](O)[C@@H]2NCCN(S(=O)(=O)c3ccccc3)C2=O)c1. The van der Waals surface area contributed by atoms with Crippen LogP contribution in [0.5, 0.6) is 0 Å². The minimum Gasteiger partial charge on any atom is -0.389 e. The molecule has 0 unspecified atom stereocenters. The highest BCUT2D eigenvalue weighted by Gasteiger charge is 2.43. The number of rotatable bonds is 13. The van der Waals surface area contributed by atoms with E-state index in [1.807, 2.05) is 13.8 Å². The molecule has 3 N–H and O–H groups in total. The van der Waals surface area contributed by atoms with E-state index in [-0.39, 0.29) is 41.4 Å². The second kappa shape index (κ2) is 15.6. The molecule has 3 amide bonds. The number of nitrogens with zero attached hydrogens (tertiary/aromatic N) is 2. The summed E-state index contributed by atoms with van der Waals surface area (Å²) in [7, 11) is -4.26. The molecular formula is C34H40F2N4O6S. The van der Waals surface area contributed by atoms with Crippen LogP contribution in [0.4, 0.5) is 8.78 Å². The molecule has 1 heterocycles. The molecule has 0 saturated carbocycles. The van der Waals surface area contributed by atoms with Gasteiger partial charge in [0.2, 0.25) is 0 Å². The standard InChI is InChI=1S/C34H40F2N4O6S/c1-4-12-39(13-5-2)33(43)25-16-22(3)15-24(20-25)32(42)38-29(19-23-17-26(35)21-27(36)18-23)31(41)30-34(44)40(14-11-37-30)47(45,46)28-9-7-6-8-10-28/h6-10,15-18,20-21,29-31,37,41H,4-5,11-14,19H2,1-3H3,(H,38,42)/t29-,30-,31-/m0/s1. The highest BCUT2D eigenvalue weighted by atomic mass is 32.2. The first-order chi connectivity index (χ1) is 22.3. The number of hydrogen-bond donors (Lipinski definition) is 3. The monoisotopic (exact) mass is 670 g/mol. The second-order valence-electron chi connectivity index (χ2n) is 11.6. The molecule has 47 heavy (non-hydrogen) atoms. The van der Waals surface area contributed by atoms with Crippen molar-refractivity contribution >= 4 is 27.7 Å². The van der Waals surface area contributed by atoms with E-state index in [0.717, 1.165) is 25.0 Å². The molecular weight excluding hydrogens is 630 g/mol. The number of aryl methyl sites for hydroxylation is 1. The van der Waals surface area contributed by atoms with Gasteiger partial charge in [0.25, 0.3) is 27.7 Å². The molecule has 10 nitrogen and oxygen atoms in total. The summed E-state index contributed by atoms with van der Waals surface area (Å²) < 4.78 is 55.6. The van der Waals surface area contributed by atoms with Gasteiger partial charge in [0.1, 0.15) is 17.7 Å². The minimum absolute atomic E-state index is 0.00413. The van der Waals surface area contributed by atoms with Gasteiger partial charge in [-0.2, -0.15) is 0 Å². The van der Waals surface area contributed by atoms with Gasteiger partial charge >= 0.3 is 0 Å². The maximum Gasteiger partial charge on any atom is 0.266 e. The molecule has 0 aromatic heterocycles. The molecule has 0 radical (unpaired) electrons. The maximum absolute atomic E-state index is 14.1. The van der Waals surface area contributed by atoms with Crippen LogP contribution >= 0.6 is 0 Å². The van der Waals surface area contributed by atoms with Crippen molar-refractivity contribution in [1.82, 2.24) is 19.8 Å². The van der Waals surface area contributed by atoms with Crippen LogP contribution in [0.25, 0.3) is 0 Å². The van der Waals surface area contributed by atoms with Crippen molar-refractivity contribution in [3.63, 3.8) is 0 Å². The molecule has 13 heteroatoms. The Hall–Kier alpha value is -4.20. The van der Waals surface area contributed by atoms with Crippen LogP contribution in [0.3, 0.4) is 0 Å². The smallest absolute Gasteiger partial charge is 0.266 e. The number of aliphatic hydroxyl groups excluding tert-OH is 1. The molecule has 4 rings (SSSR count). The van der Waals surface area contributed by atoms with Crippen molar-refractivity contribution < 1.29 is 36.7 Å². The molecule has 0 aliphatic carbocycles. The van der Waals surface area contributed by atoms with Crippen molar-refractivity contribution in [3.05, 3.63) is 101 Å². The molecule has 1 aliphatic rings. The number of halogens is 2. The molecule has 1 fully saturated rings. The number of sulfonamides is 1. The first-order valence-electron chi connectivity index (χ1n) is 15.6. The summed E-state index contributed by atoms with van der Waals surface area (Å²) in [6, 6.07) is 12.0. The Kier molecular flexibility index (Phi) is 11.8. The lowest BCUT2D eigenvalue weighted by molar-refractivity contribution is -0.134. The van der Waals surface area contributed by atoms with Gasteiger partial charge in [-0.1, -0.05) is 32.0 Å². The van der Waals surface area contributed by atoms with Crippen LogP contribution < -0.4 is 10.6 Å². The normalized spacial score (nSPS) is 16.4. The number of hydrogen-bond acceptors (Lipinski definition) is 7. The quantitative estimate of drug-likeness (QED) is 0.254. The van der Waals surface area contributed by atoms with E-state index in [1.54, 1.807) is 30.0 Å². The van der Waals surface area contributed by atoms with Gasteiger partial charge in [-0.05, 0) is 79.8 Å². The summed E-state index contributed by atoms with van der Waals surface area (Å²) >= 11 is 0. The number of nitrogens with one attached hydrogen (secondary N) is 2. The zero-order valence-corrected chi connectivity index (χ0v) is 27.4. The van der Waals surface area contributed by atoms with E-state index in [9.17, 15) is 36.7 Å². The summed E-state index contributed by atoms with van der Waals surface area (Å²) in [5, 5.41) is 17.1. The summed E-state index contributed by atoms with van der Waals surface area (Å²) in [5.74, 6) is -3.66. The van der Waals surface area contributed by atoms with Crippen LogP contribution in [0, 0.1) is 18.6 Å². The van der Waals surface area contributed by atoms with E-state index in [4.69, 9.17) is 0 Å². The lowest BCUT2D eigenvalue weighted by Crippen LogP contribution is -2.64. The third-order valence-corrected chi connectivity index (χ3v) is 9.64. The van der Waals surface area contributed by atoms with Gasteiger partial charge in [0, 0.05) is 43.4 Å². The fourth-order valence-corrected chi connectivity index (χ4v) is 7.14. The first kappa shape index (κ1) is 35.7. The number of benzene rings is 3. The Morgan fingerprint density at radius 1 is 1.00 bits per heavy atom. The van der Waals surface area contributed by atoms with Crippen molar-refractivity contribution in [2.24, 2.45) is 0 Å². The lowest BCUT2D eigenvalue weighted by Gasteiger charge is -2.37. The van der Waals surface area contributed by atoms with Crippen LogP contribution in [-0.2, 0) is 21.2 Å². The fraction of sp³-hybridized carbons (Fsp3) is 0.382. The van der Waals surface area contributed by atoms with Crippen molar-refractivity contribution in [1.29, 1.82) is 0 Å². The lowest BCUT2D eigenvalue weighted by atomic mass is 9.94. The highest BCUT2D eigenvalue weighted by Crippen LogP contribution is 2.22. The highest BCUT2D eigenvalue weighted by molar-refractivity contribution is 7.89. The van der Waals surface area contributed by atoms with Crippen LogP contribution in [0.1, 0.15) is 58.5 Å². The van der Waals surface area contributed by atoms with E-state index < -0.39 is 51.7 Å². The third kappa shape index (κ3) is 8.59. The molecule has 3 aromatic rings. The van der Waals surface area contributed by atoms with E-state index in [2.05, 4.69) is 10.6 Å². The van der Waals surface area contributed by atoms with E-state index in [0.29, 0.717) is 34.6 Å². The number of piperazine rings is 1. The topological polar surface area (TPSA) is 136 Å². The molecule has 3 atom stereocenters. The predicted octanol–water partition coefficient (Wildman–Crippen LogP) is 3.43. The van der Waals surface area contributed by atoms with Gasteiger partial charge in [0.05, 0.1) is 17.0 Å². The zero-order valence-electron chi connectivity index (χ0n) is 26.6. The Labute approximate surface area is 273 Å². The van der Waals surface area contributed by atoms with Gasteiger partial charge in [-0.3, -0.25) is 14.4 Å². The molecule has 1 saturated heterocycles. The van der Waals surface area contributed by atoms with Crippen molar-refractivity contribution in [3.8, 4) is 0 Å². The number of carbonyl (C=O) groups is 3. The first-order valence-corrected chi connectivity index (χ1v) is 17.0. The summed E-state index contributed by atoms with van der Waals surface area (Å²) in [6.07, 6.45) is -0.537. The third-order valence-electron chi connectivity index (χ3n) is 7.83. The molecule has 0 bridgehead atoms. The van der Waals surface area contributed by atoms with Gasteiger partial charge in [0.15, 0.2) is 0 Å². The second-order valence-corrected chi connectivity index (χ2v) is 13.5. The summed E-state index contributed by atoms with van der Waals surface area (Å²) in [6.45, 7) is 6.54. The average molecular weight is 671 g/mol. The fourth-order valence-electron chi connectivity index (χ4n) is 5.70. The van der Waals surface area contributed by atoms with E-state index >= 15 is 0 Å². The largest absolute Gasteiger partial charge is 0.389 e. The van der Waals surface area contributed by atoms with Crippen LogP contribution in [-0.4, -0.2) is 84.8 Å². The molecule has 3 aromatic carbocycles. The van der Waals surface area contributed by atoms with Crippen molar-refractivity contribution in [2.75, 3.05) is 26.2 Å². The molecule has 1 aliphatic heterocycles. The van der Waals surface area contributed by atoms with Crippen molar-refractivity contribution in [2.45, 2.75) is 63.1 Å². The van der Waals surface area contributed by atoms with Gasteiger partial charge < -0.3 is 20.6 Å². The Morgan fingerprint density at radius 2 is 1.62 bits per heavy atom. The van der Waals surface area contributed by atoms with Crippen LogP contribution in [0.2, 0.25) is 0 Å². The average Bonchev–Trinajstić information content (AvgIpc) is 3.03. The van der Waals surface area contributed by atoms with Gasteiger partial charge in [-0.15, -0.1) is 0 Å². The molecule has 0 spiro atoms. The number of carbonyl (C=O) groups excluding carboxylic acids is 3. The zero-order chi connectivity index (χ0) is 34.3. The van der Waals surface area contributed by atoms with Crippen LogP contribution in [0.15, 0.2) is 71.6 Å². The number of aliphatic hydroxyl groups is 1. The van der Waals surface area contributed by atoms with Gasteiger partial charge in [-0.25, -0.2) is 21.5 Å². The maximum atomic E-state index is 14.1. The summed E-state index contributed by atoms with van der Waals surface area (Å²) in [4.78, 5) is 42.2. The number of amides is 3. The molecule has 252 valence electrons. The minimum atomic E-state index is -4.26. The Bertz CT molecular complexity index is 1680. The Balaban J connectivity index is 1.65. The predicted molar refractivity (Wildman–Crippen MR) is 172 cm³/mol. The van der Waals surface area contributed by atoms with E-state index in [1.165, 1.54) is 30.3 Å². The summed E-state index contributed by atoms with van der Waals surface area (Å²) in [5.41, 5.74) is 1.11. The Morgan fingerprint density at radius 3 is 2.23 bits per heavy atom.